The maximum atomic E-state index is 12.3. The van der Waals surface area contributed by atoms with Gasteiger partial charge >= 0.3 is 11.9 Å². The van der Waals surface area contributed by atoms with Crippen LogP contribution in [0.25, 0.3) is 0 Å². The molecule has 1 aromatic heterocycles. The molecule has 1 aliphatic rings. The van der Waals surface area contributed by atoms with E-state index in [0.29, 0.717) is 18.7 Å². The van der Waals surface area contributed by atoms with Gasteiger partial charge in [-0.15, -0.1) is 0 Å². The number of H-pyrrole nitrogens is 1. The number of carboxylic acid groups (broad SMARTS) is 2. The number of carboxylic acids is 2. The molecule has 34 heavy (non-hydrogen) atoms. The molecular weight excluding hydrogens is 446 g/mol. The molecule has 0 radical (unpaired) electrons. The number of carbonyl (C=O) groups excluding carboxylic acids is 1. The number of amides is 1. The highest BCUT2D eigenvalue weighted by Crippen LogP contribution is 2.27. The van der Waals surface area contributed by atoms with Crippen LogP contribution in [-0.2, 0) is 9.59 Å². The molecule has 0 aliphatic carbocycles. The smallest absolute Gasteiger partial charge is 0.326 e. The first kappa shape index (κ1) is 24.2. The zero-order valence-electron chi connectivity index (χ0n) is 18.3. The lowest BCUT2D eigenvalue weighted by molar-refractivity contribution is -0.140. The number of nitrogens with one attached hydrogen (secondary N) is 3. The molecule has 0 fully saturated rings. The van der Waals surface area contributed by atoms with E-state index in [9.17, 15) is 24.3 Å². The third kappa shape index (κ3) is 5.88. The zero-order chi connectivity index (χ0) is 24.8. The van der Waals surface area contributed by atoms with Gasteiger partial charge in [0.05, 0.1) is 6.04 Å². The van der Waals surface area contributed by atoms with E-state index in [0.717, 1.165) is 5.69 Å². The molecule has 2 heterocycles. The lowest BCUT2D eigenvalue weighted by atomic mass is 10.1. The van der Waals surface area contributed by atoms with E-state index >= 15 is 0 Å². The van der Waals surface area contributed by atoms with Crippen molar-refractivity contribution in [2.45, 2.75) is 31.3 Å². The summed E-state index contributed by atoms with van der Waals surface area (Å²) in [5.41, 5.74) is 6.52. The third-order valence-corrected chi connectivity index (χ3v) is 5.28. The molecule has 1 amide bonds. The standard InChI is InChI=1S/C21H25N7O6/c1-28-13(10-24-17-16(28)19(32)27-21(22)26-17)8-9-23-12-4-2-11(3-5-12)18(31)25-14(20(33)34)6-7-15(29)30/h2-5,10,13-14,23H,6-9H2,1H3,(H,25,31)(H,29,30)(H,33,34)(H3,22,26,27,32). The van der Waals surface area contributed by atoms with E-state index < -0.39 is 23.9 Å². The number of anilines is 3. The fraction of sp³-hybridized carbons (Fsp3) is 0.333. The molecule has 13 nitrogen and oxygen atoms in total. The van der Waals surface area contributed by atoms with Crippen molar-refractivity contribution in [2.24, 2.45) is 4.99 Å². The Balaban J connectivity index is 1.53. The largest absolute Gasteiger partial charge is 0.481 e. The van der Waals surface area contributed by atoms with Crippen molar-refractivity contribution in [3.05, 3.63) is 40.2 Å². The normalized spacial score (nSPS) is 15.3. The Morgan fingerprint density at radius 1 is 1.24 bits per heavy atom. The van der Waals surface area contributed by atoms with Crippen molar-refractivity contribution < 1.29 is 24.6 Å². The molecule has 2 unspecified atom stereocenters. The first-order valence-corrected chi connectivity index (χ1v) is 10.4. The van der Waals surface area contributed by atoms with Gasteiger partial charge in [-0.3, -0.25) is 19.4 Å². The Kier molecular flexibility index (Phi) is 7.46. The number of benzene rings is 1. The summed E-state index contributed by atoms with van der Waals surface area (Å²) >= 11 is 0. The van der Waals surface area contributed by atoms with Gasteiger partial charge in [0, 0.05) is 37.5 Å². The van der Waals surface area contributed by atoms with Crippen molar-refractivity contribution in [3.8, 4) is 0 Å². The lowest BCUT2D eigenvalue weighted by Crippen LogP contribution is -2.41. The number of aromatic amines is 1. The minimum atomic E-state index is -1.30. The number of rotatable bonds is 10. The molecule has 13 heteroatoms. The van der Waals surface area contributed by atoms with Gasteiger partial charge in [-0.1, -0.05) is 0 Å². The van der Waals surface area contributed by atoms with Crippen molar-refractivity contribution in [1.82, 2.24) is 15.3 Å². The predicted molar refractivity (Wildman–Crippen MR) is 125 cm³/mol. The maximum Gasteiger partial charge on any atom is 0.326 e. The highest BCUT2D eigenvalue weighted by atomic mass is 16.4. The monoisotopic (exact) mass is 471 g/mol. The van der Waals surface area contributed by atoms with Crippen LogP contribution in [0.15, 0.2) is 34.1 Å². The number of nitrogens with two attached hydrogens (primary N) is 1. The number of fused-ring (bicyclic) bond motifs is 1. The Morgan fingerprint density at radius 2 is 1.94 bits per heavy atom. The number of aliphatic imine (C=N–C) groups is 1. The van der Waals surface area contributed by atoms with Crippen molar-refractivity contribution in [2.75, 3.05) is 29.5 Å². The number of carbonyl (C=O) groups is 3. The minimum Gasteiger partial charge on any atom is -0.481 e. The summed E-state index contributed by atoms with van der Waals surface area (Å²) in [5, 5.41) is 23.4. The van der Waals surface area contributed by atoms with E-state index in [-0.39, 0.29) is 41.8 Å². The number of aromatic nitrogens is 2. The summed E-state index contributed by atoms with van der Waals surface area (Å²) in [5.74, 6) is -2.77. The average Bonchev–Trinajstić information content (AvgIpc) is 2.77. The van der Waals surface area contributed by atoms with Crippen molar-refractivity contribution >= 4 is 47.2 Å². The fourth-order valence-corrected chi connectivity index (χ4v) is 3.44. The molecular formula is C21H25N7O6. The van der Waals surface area contributed by atoms with Gasteiger partial charge in [-0.2, -0.15) is 4.98 Å². The summed E-state index contributed by atoms with van der Waals surface area (Å²) in [6.45, 7) is 0.540. The molecule has 1 aliphatic heterocycles. The summed E-state index contributed by atoms with van der Waals surface area (Å²) in [4.78, 5) is 58.9. The van der Waals surface area contributed by atoms with Gasteiger partial charge in [0.25, 0.3) is 11.5 Å². The lowest BCUT2D eigenvalue weighted by Gasteiger charge is -2.30. The van der Waals surface area contributed by atoms with Gasteiger partial charge in [0.1, 0.15) is 11.7 Å². The molecule has 0 saturated carbocycles. The van der Waals surface area contributed by atoms with Gasteiger partial charge in [0.2, 0.25) is 5.95 Å². The van der Waals surface area contributed by atoms with E-state index in [2.05, 4.69) is 25.6 Å². The third-order valence-electron chi connectivity index (χ3n) is 5.28. The first-order chi connectivity index (χ1) is 16.2. The van der Waals surface area contributed by atoms with Crippen LogP contribution in [0, 0.1) is 0 Å². The van der Waals surface area contributed by atoms with Crippen LogP contribution in [0.2, 0.25) is 0 Å². The SMILES string of the molecule is CN1c2c(nc(N)[nH]c2=O)N=CC1CCNc1ccc(C(=O)NC(CCC(=O)O)C(=O)O)cc1. The van der Waals surface area contributed by atoms with Crippen molar-refractivity contribution in [3.63, 3.8) is 0 Å². The fourth-order valence-electron chi connectivity index (χ4n) is 3.44. The molecule has 2 atom stereocenters. The molecule has 0 saturated heterocycles. The second kappa shape index (κ2) is 10.5. The number of hydrogen-bond acceptors (Lipinski definition) is 9. The Bertz CT molecular complexity index is 1160. The molecule has 0 bridgehead atoms. The van der Waals surface area contributed by atoms with Gasteiger partial charge < -0.3 is 31.5 Å². The summed E-state index contributed by atoms with van der Waals surface area (Å²) in [6.07, 6.45) is 1.74. The van der Waals surface area contributed by atoms with E-state index in [1.807, 2.05) is 0 Å². The number of aliphatic carboxylic acids is 2. The molecule has 1 aromatic carbocycles. The summed E-state index contributed by atoms with van der Waals surface area (Å²) in [7, 11) is 1.77. The summed E-state index contributed by atoms with van der Waals surface area (Å²) < 4.78 is 0. The van der Waals surface area contributed by atoms with Crippen LogP contribution < -0.4 is 26.8 Å². The van der Waals surface area contributed by atoms with E-state index in [4.69, 9.17) is 10.8 Å². The van der Waals surface area contributed by atoms with E-state index in [1.165, 1.54) is 12.1 Å². The molecule has 3 rings (SSSR count). The molecule has 7 N–H and O–H groups in total. The quantitative estimate of drug-likeness (QED) is 0.282. The van der Waals surface area contributed by atoms with Crippen LogP contribution in [0.3, 0.4) is 0 Å². The van der Waals surface area contributed by atoms with Gasteiger partial charge in [0.15, 0.2) is 5.82 Å². The second-order valence-electron chi connectivity index (χ2n) is 7.67. The zero-order valence-corrected chi connectivity index (χ0v) is 18.3. The highest BCUT2D eigenvalue weighted by molar-refractivity contribution is 5.97. The minimum absolute atomic E-state index is 0.00490. The van der Waals surface area contributed by atoms with Crippen LogP contribution >= 0.6 is 0 Å². The first-order valence-electron chi connectivity index (χ1n) is 10.4. The van der Waals surface area contributed by atoms with Crippen LogP contribution in [-0.4, -0.2) is 69.9 Å². The Morgan fingerprint density at radius 3 is 2.59 bits per heavy atom. The average molecular weight is 471 g/mol. The summed E-state index contributed by atoms with van der Waals surface area (Å²) in [6, 6.07) is 4.98. The number of nitrogens with zero attached hydrogens (tertiary/aromatic N) is 3. The van der Waals surface area contributed by atoms with Gasteiger partial charge in [-0.05, 0) is 37.1 Å². The van der Waals surface area contributed by atoms with Crippen LogP contribution in [0.5, 0.6) is 0 Å². The number of hydrogen-bond donors (Lipinski definition) is 6. The van der Waals surface area contributed by atoms with Gasteiger partial charge in [-0.25, -0.2) is 9.79 Å². The van der Waals surface area contributed by atoms with Crippen molar-refractivity contribution in [1.29, 1.82) is 0 Å². The van der Waals surface area contributed by atoms with E-state index in [1.54, 1.807) is 30.3 Å². The highest BCUT2D eigenvalue weighted by Gasteiger charge is 2.25. The Hall–Kier alpha value is -4.42. The molecule has 0 spiro atoms. The van der Waals surface area contributed by atoms with Crippen LogP contribution in [0.1, 0.15) is 29.6 Å². The molecule has 2 aromatic rings. The second-order valence-corrected chi connectivity index (χ2v) is 7.67. The Labute approximate surface area is 193 Å². The topological polar surface area (TPSA) is 203 Å². The van der Waals surface area contributed by atoms with Crippen LogP contribution in [0.4, 0.5) is 23.1 Å². The molecule has 180 valence electrons. The predicted octanol–water partition coefficient (Wildman–Crippen LogP) is 0.423. The number of nitrogen functional groups attached to an aromatic ring is 1. The maximum absolute atomic E-state index is 12.3.